The number of hydrogen-bond donors (Lipinski definition) is 2. The average molecular weight is 344 g/mol. The number of amides is 3. The number of rotatable bonds is 5. The number of hydrogen-bond acceptors (Lipinski definition) is 6. The molecule has 0 heterocycles. The van der Waals surface area contributed by atoms with Gasteiger partial charge in [0, 0.05) is 26.8 Å². The Morgan fingerprint density at radius 2 is 1.84 bits per heavy atom. The zero-order valence-corrected chi connectivity index (χ0v) is 14.5. The number of ether oxygens (including phenoxy) is 1. The summed E-state index contributed by atoms with van der Waals surface area (Å²) in [6.45, 7) is 1.30. The van der Waals surface area contributed by atoms with Crippen LogP contribution in [-0.4, -0.2) is 45.2 Å². The van der Waals surface area contributed by atoms with Crippen molar-refractivity contribution in [2.75, 3.05) is 26.0 Å². The lowest BCUT2D eigenvalue weighted by Crippen LogP contribution is -2.43. The second kappa shape index (κ2) is 9.08. The molecule has 0 aliphatic heterocycles. The van der Waals surface area contributed by atoms with E-state index >= 15 is 0 Å². The van der Waals surface area contributed by atoms with E-state index in [1.165, 1.54) is 20.0 Å². The van der Waals surface area contributed by atoms with E-state index in [2.05, 4.69) is 5.32 Å². The first-order valence-electron chi connectivity index (χ1n) is 7.41. The summed E-state index contributed by atoms with van der Waals surface area (Å²) in [4.78, 5) is 36.7. The third-order valence-corrected chi connectivity index (χ3v) is 3.18. The molecule has 0 aliphatic carbocycles. The van der Waals surface area contributed by atoms with Crippen molar-refractivity contribution in [3.05, 3.63) is 35.4 Å². The Kier molecular flexibility index (Phi) is 7.16. The van der Waals surface area contributed by atoms with Crippen molar-refractivity contribution in [1.82, 2.24) is 10.6 Å². The van der Waals surface area contributed by atoms with Gasteiger partial charge in [-0.2, -0.15) is 5.26 Å². The first-order valence-corrected chi connectivity index (χ1v) is 7.41. The highest BCUT2D eigenvalue weighted by atomic mass is 16.5. The highest BCUT2D eigenvalue weighted by molar-refractivity contribution is 6.01. The molecule has 1 rings (SSSR count). The fourth-order valence-electron chi connectivity index (χ4n) is 1.73. The van der Waals surface area contributed by atoms with E-state index in [0.717, 1.165) is 5.69 Å². The number of benzene rings is 1. The van der Waals surface area contributed by atoms with Crippen LogP contribution in [0.15, 0.2) is 29.8 Å². The number of urea groups is 1. The maximum Gasteiger partial charge on any atom is 0.349 e. The van der Waals surface area contributed by atoms with Crippen molar-refractivity contribution in [1.29, 1.82) is 5.26 Å². The lowest BCUT2D eigenvalue weighted by molar-refractivity contribution is -0.150. The Bertz CT molecular complexity index is 717. The van der Waals surface area contributed by atoms with Gasteiger partial charge < -0.3 is 15.0 Å². The molecule has 1 aromatic carbocycles. The normalized spacial score (nSPS) is 11.7. The maximum absolute atomic E-state index is 12.0. The largest absolute Gasteiger partial charge is 0.448 e. The van der Waals surface area contributed by atoms with Gasteiger partial charge in [0.15, 0.2) is 6.10 Å². The molecule has 2 N–H and O–H groups in total. The molecule has 132 valence electrons. The molecular weight excluding hydrogens is 324 g/mol. The molecule has 0 fully saturated rings. The second-order valence-electron chi connectivity index (χ2n) is 5.27. The zero-order valence-electron chi connectivity index (χ0n) is 14.5. The highest BCUT2D eigenvalue weighted by Gasteiger charge is 2.21. The molecule has 1 atom stereocenters. The quantitative estimate of drug-likeness (QED) is 0.469. The first kappa shape index (κ1) is 19.7. The molecule has 1 aromatic rings. The molecule has 0 aliphatic rings. The number of esters is 1. The summed E-state index contributed by atoms with van der Waals surface area (Å²) >= 11 is 0. The molecule has 0 saturated heterocycles. The summed E-state index contributed by atoms with van der Waals surface area (Å²) in [6, 6.07) is 8.21. The topological polar surface area (TPSA) is 112 Å². The number of imide groups is 1. The van der Waals surface area contributed by atoms with E-state index in [4.69, 9.17) is 10.00 Å². The molecule has 8 nitrogen and oxygen atoms in total. The first-order chi connectivity index (χ1) is 11.8. The van der Waals surface area contributed by atoms with Crippen LogP contribution in [0.5, 0.6) is 0 Å². The number of carbonyl (C=O) groups is 3. The van der Waals surface area contributed by atoms with Gasteiger partial charge in [-0.1, -0.05) is 12.1 Å². The lowest BCUT2D eigenvalue weighted by atomic mass is 10.1. The Hall–Kier alpha value is -3.34. The predicted molar refractivity (Wildman–Crippen MR) is 92.5 cm³/mol. The fourth-order valence-corrected chi connectivity index (χ4v) is 1.73. The molecule has 8 heteroatoms. The molecule has 25 heavy (non-hydrogen) atoms. The average Bonchev–Trinajstić information content (AvgIpc) is 2.59. The van der Waals surface area contributed by atoms with Gasteiger partial charge in [0.2, 0.25) is 0 Å². The van der Waals surface area contributed by atoms with Crippen molar-refractivity contribution in [3.8, 4) is 6.07 Å². The van der Waals surface area contributed by atoms with Crippen molar-refractivity contribution in [2.24, 2.45) is 0 Å². The van der Waals surface area contributed by atoms with Crippen LogP contribution < -0.4 is 15.5 Å². The van der Waals surface area contributed by atoms with Crippen LogP contribution in [0.1, 0.15) is 12.5 Å². The molecule has 3 amide bonds. The Morgan fingerprint density at radius 1 is 1.24 bits per heavy atom. The predicted octanol–water partition coefficient (Wildman–Crippen LogP) is 1.05. The molecule has 0 bridgehead atoms. The van der Waals surface area contributed by atoms with Crippen LogP contribution in [0.2, 0.25) is 0 Å². The summed E-state index contributed by atoms with van der Waals surface area (Å²) in [7, 11) is 5.14. The third kappa shape index (κ3) is 5.99. The number of carbonyl (C=O) groups excluding carboxylic acids is 3. The van der Waals surface area contributed by atoms with E-state index in [9.17, 15) is 14.4 Å². The van der Waals surface area contributed by atoms with Gasteiger partial charge in [-0.3, -0.25) is 10.1 Å². The van der Waals surface area contributed by atoms with E-state index in [1.807, 2.05) is 36.4 Å². The van der Waals surface area contributed by atoms with E-state index < -0.39 is 24.0 Å². The minimum absolute atomic E-state index is 0.253. The number of nitrogens with one attached hydrogen (secondary N) is 2. The van der Waals surface area contributed by atoms with Crippen LogP contribution >= 0.6 is 0 Å². The minimum atomic E-state index is -1.22. The number of anilines is 1. The standard InChI is InChI=1S/C17H20N4O4/c1-11(15(22)20-17(24)19-2)25-16(23)13(10-18)9-12-5-7-14(8-6-12)21(3)4/h5-9,11H,1-4H3,(H2,19,20,22,24)/b13-9+/t11-/m0/s1. The summed E-state index contributed by atoms with van der Waals surface area (Å²) < 4.78 is 4.91. The molecular formula is C17H20N4O4. The van der Waals surface area contributed by atoms with Gasteiger partial charge in [-0.25, -0.2) is 9.59 Å². The summed E-state index contributed by atoms with van der Waals surface area (Å²) in [5.74, 6) is -1.74. The van der Waals surface area contributed by atoms with Crippen LogP contribution in [0.25, 0.3) is 6.08 Å². The summed E-state index contributed by atoms with van der Waals surface area (Å²) in [5.41, 5.74) is 1.36. The van der Waals surface area contributed by atoms with E-state index in [0.29, 0.717) is 5.56 Å². The van der Waals surface area contributed by atoms with Gasteiger partial charge >= 0.3 is 12.0 Å². The van der Waals surface area contributed by atoms with Gasteiger partial charge in [0.1, 0.15) is 11.6 Å². The second-order valence-corrected chi connectivity index (χ2v) is 5.27. The third-order valence-electron chi connectivity index (χ3n) is 3.18. The highest BCUT2D eigenvalue weighted by Crippen LogP contribution is 2.15. The molecule has 0 spiro atoms. The van der Waals surface area contributed by atoms with Crippen LogP contribution in [0.3, 0.4) is 0 Å². The van der Waals surface area contributed by atoms with E-state index in [-0.39, 0.29) is 5.57 Å². The van der Waals surface area contributed by atoms with Crippen LogP contribution in [-0.2, 0) is 14.3 Å². The van der Waals surface area contributed by atoms with Crippen molar-refractivity contribution >= 4 is 29.7 Å². The maximum atomic E-state index is 12.0. The lowest BCUT2D eigenvalue weighted by Gasteiger charge is -2.13. The van der Waals surface area contributed by atoms with Crippen molar-refractivity contribution in [3.63, 3.8) is 0 Å². The Labute approximate surface area is 146 Å². The Morgan fingerprint density at radius 3 is 2.32 bits per heavy atom. The number of nitrogens with zero attached hydrogens (tertiary/aromatic N) is 2. The molecule has 0 aromatic heterocycles. The minimum Gasteiger partial charge on any atom is -0.448 e. The van der Waals surface area contributed by atoms with Gasteiger partial charge in [0.25, 0.3) is 5.91 Å². The van der Waals surface area contributed by atoms with Crippen molar-refractivity contribution < 1.29 is 19.1 Å². The monoisotopic (exact) mass is 344 g/mol. The van der Waals surface area contributed by atoms with Crippen LogP contribution in [0.4, 0.5) is 10.5 Å². The SMILES string of the molecule is CNC(=O)NC(=O)[C@H](C)OC(=O)/C(C#N)=C/c1ccc(N(C)C)cc1. The zero-order chi connectivity index (χ0) is 19.0. The number of nitriles is 1. The smallest absolute Gasteiger partial charge is 0.349 e. The molecule has 0 unspecified atom stereocenters. The summed E-state index contributed by atoms with van der Waals surface area (Å²) in [6.07, 6.45) is 0.142. The summed E-state index contributed by atoms with van der Waals surface area (Å²) in [5, 5.41) is 13.3. The van der Waals surface area contributed by atoms with Gasteiger partial charge in [-0.05, 0) is 30.7 Å². The molecule has 0 radical (unpaired) electrons. The van der Waals surface area contributed by atoms with Crippen molar-refractivity contribution in [2.45, 2.75) is 13.0 Å². The van der Waals surface area contributed by atoms with E-state index in [1.54, 1.807) is 18.2 Å². The van der Waals surface area contributed by atoms with Gasteiger partial charge in [-0.15, -0.1) is 0 Å². The van der Waals surface area contributed by atoms with Gasteiger partial charge in [0.05, 0.1) is 0 Å². The fraction of sp³-hybridized carbons (Fsp3) is 0.294. The molecule has 0 saturated carbocycles. The van der Waals surface area contributed by atoms with Crippen LogP contribution in [0, 0.1) is 11.3 Å². The Balaban J connectivity index is 2.81.